The Kier molecular flexibility index (Phi) is 4.60. The minimum Gasteiger partial charge on any atom is -0.495 e. The van der Waals surface area contributed by atoms with Gasteiger partial charge in [0.05, 0.1) is 28.5 Å². The Balaban J connectivity index is 2.30. The van der Waals surface area contributed by atoms with Gasteiger partial charge in [0.2, 0.25) is 0 Å². The quantitative estimate of drug-likeness (QED) is 0.834. The molecule has 110 valence electrons. The van der Waals surface area contributed by atoms with E-state index in [0.717, 1.165) is 5.56 Å². The molecular formula is C15H14Cl2N2O2. The molecule has 0 saturated heterocycles. The molecule has 0 heterocycles. The maximum Gasteiger partial charge on any atom is 0.255 e. The van der Waals surface area contributed by atoms with Crippen molar-refractivity contribution in [2.45, 2.75) is 6.92 Å². The Morgan fingerprint density at radius 2 is 1.95 bits per heavy atom. The fourth-order valence-electron chi connectivity index (χ4n) is 1.84. The molecule has 0 aliphatic heterocycles. The minimum absolute atomic E-state index is 0.234. The van der Waals surface area contributed by atoms with Gasteiger partial charge < -0.3 is 15.8 Å². The van der Waals surface area contributed by atoms with E-state index in [9.17, 15) is 4.79 Å². The number of amides is 1. The highest BCUT2D eigenvalue weighted by Gasteiger charge is 2.13. The molecule has 1 amide bonds. The van der Waals surface area contributed by atoms with Gasteiger partial charge in [0, 0.05) is 5.56 Å². The average Bonchev–Trinajstić information content (AvgIpc) is 2.45. The number of nitrogen functional groups attached to an aromatic ring is 1. The van der Waals surface area contributed by atoms with Gasteiger partial charge in [-0.3, -0.25) is 4.79 Å². The summed E-state index contributed by atoms with van der Waals surface area (Å²) >= 11 is 11.8. The number of methoxy groups -OCH3 is 1. The molecule has 4 nitrogen and oxygen atoms in total. The van der Waals surface area contributed by atoms with Gasteiger partial charge in [0.1, 0.15) is 5.75 Å². The molecule has 0 aliphatic carbocycles. The van der Waals surface area contributed by atoms with E-state index in [0.29, 0.717) is 17.0 Å². The van der Waals surface area contributed by atoms with Crippen LogP contribution in [0.2, 0.25) is 10.0 Å². The highest BCUT2D eigenvalue weighted by atomic mass is 35.5. The summed E-state index contributed by atoms with van der Waals surface area (Å²) in [6, 6.07) is 8.42. The molecule has 0 radical (unpaired) electrons. The maximum atomic E-state index is 12.3. The van der Waals surface area contributed by atoms with Crippen molar-refractivity contribution in [1.82, 2.24) is 0 Å². The lowest BCUT2D eigenvalue weighted by atomic mass is 10.1. The second-order valence-corrected chi connectivity index (χ2v) is 5.30. The van der Waals surface area contributed by atoms with Crippen molar-refractivity contribution in [3.63, 3.8) is 0 Å². The zero-order valence-electron chi connectivity index (χ0n) is 11.5. The lowest BCUT2D eigenvalue weighted by Gasteiger charge is -2.12. The van der Waals surface area contributed by atoms with Gasteiger partial charge in [-0.2, -0.15) is 0 Å². The van der Waals surface area contributed by atoms with E-state index in [2.05, 4.69) is 5.32 Å². The van der Waals surface area contributed by atoms with Crippen molar-refractivity contribution in [3.8, 4) is 5.75 Å². The van der Waals surface area contributed by atoms with E-state index in [1.54, 1.807) is 13.2 Å². The van der Waals surface area contributed by atoms with Crippen LogP contribution in [0.1, 0.15) is 15.9 Å². The van der Waals surface area contributed by atoms with Crippen LogP contribution in [0, 0.1) is 6.92 Å². The highest BCUT2D eigenvalue weighted by Crippen LogP contribution is 2.30. The molecule has 0 atom stereocenters. The third-order valence-corrected chi connectivity index (χ3v) is 3.74. The van der Waals surface area contributed by atoms with Crippen LogP contribution in [0.5, 0.6) is 5.75 Å². The van der Waals surface area contributed by atoms with Crippen molar-refractivity contribution < 1.29 is 9.53 Å². The van der Waals surface area contributed by atoms with E-state index >= 15 is 0 Å². The number of nitrogens with one attached hydrogen (secondary N) is 1. The first-order valence-electron chi connectivity index (χ1n) is 6.13. The Morgan fingerprint density at radius 3 is 2.57 bits per heavy atom. The monoisotopic (exact) mass is 324 g/mol. The highest BCUT2D eigenvalue weighted by molar-refractivity contribution is 6.44. The molecule has 2 aromatic rings. The third-order valence-electron chi connectivity index (χ3n) is 2.92. The van der Waals surface area contributed by atoms with Crippen LogP contribution in [0.25, 0.3) is 0 Å². The molecular weight excluding hydrogens is 311 g/mol. The Morgan fingerprint density at radius 1 is 1.24 bits per heavy atom. The first kappa shape index (κ1) is 15.5. The number of carbonyl (C=O) groups is 1. The molecule has 0 aromatic heterocycles. The largest absolute Gasteiger partial charge is 0.495 e. The smallest absolute Gasteiger partial charge is 0.255 e. The number of hydrogen-bond donors (Lipinski definition) is 2. The van der Waals surface area contributed by atoms with Gasteiger partial charge in [0.15, 0.2) is 0 Å². The van der Waals surface area contributed by atoms with Gasteiger partial charge in [-0.1, -0.05) is 29.3 Å². The molecule has 2 rings (SSSR count). The summed E-state index contributed by atoms with van der Waals surface area (Å²) in [5.74, 6) is 0.235. The Bertz CT molecular complexity index is 679. The zero-order chi connectivity index (χ0) is 15.6. The second-order valence-electron chi connectivity index (χ2n) is 4.52. The van der Waals surface area contributed by atoms with Crippen molar-refractivity contribution in [2.24, 2.45) is 0 Å². The number of benzene rings is 2. The number of nitrogens with two attached hydrogens (primary N) is 1. The number of carbonyl (C=O) groups excluding carboxylic acids is 1. The first-order chi connectivity index (χ1) is 9.92. The van der Waals surface area contributed by atoms with E-state index in [1.807, 2.05) is 19.1 Å². The van der Waals surface area contributed by atoms with Gasteiger partial charge >= 0.3 is 0 Å². The van der Waals surface area contributed by atoms with Gasteiger partial charge in [-0.25, -0.2) is 0 Å². The molecule has 0 saturated carbocycles. The van der Waals surface area contributed by atoms with Crippen molar-refractivity contribution in [1.29, 1.82) is 0 Å². The zero-order valence-corrected chi connectivity index (χ0v) is 13.0. The molecule has 0 bridgehead atoms. The van der Waals surface area contributed by atoms with Crippen LogP contribution >= 0.6 is 23.2 Å². The summed E-state index contributed by atoms with van der Waals surface area (Å²) in [6.45, 7) is 1.94. The van der Waals surface area contributed by atoms with Crippen LogP contribution < -0.4 is 15.8 Å². The number of anilines is 2. The van der Waals surface area contributed by atoms with Crippen LogP contribution in [0.3, 0.4) is 0 Å². The van der Waals surface area contributed by atoms with Crippen LogP contribution in [-0.2, 0) is 0 Å². The normalized spacial score (nSPS) is 10.3. The second kappa shape index (κ2) is 6.24. The lowest BCUT2D eigenvalue weighted by Crippen LogP contribution is -2.13. The standard InChI is InChI=1S/C15H14Cl2N2O2/c1-8-3-4-12(13(5-8)21-2)19-15(20)9-6-10(16)14(17)11(18)7-9/h3-7H,18H2,1-2H3,(H,19,20). The Labute approximate surface area is 132 Å². The maximum absolute atomic E-state index is 12.3. The predicted octanol–water partition coefficient (Wildman–Crippen LogP) is 4.14. The molecule has 21 heavy (non-hydrogen) atoms. The van der Waals surface area contributed by atoms with Gasteiger partial charge in [-0.15, -0.1) is 0 Å². The van der Waals surface area contributed by atoms with Crippen LogP contribution in [0.15, 0.2) is 30.3 Å². The summed E-state index contributed by atoms with van der Waals surface area (Å²) in [7, 11) is 1.54. The number of rotatable bonds is 3. The van der Waals surface area contributed by atoms with Crippen LogP contribution in [0.4, 0.5) is 11.4 Å². The minimum atomic E-state index is -0.345. The summed E-state index contributed by atoms with van der Waals surface area (Å²) < 4.78 is 5.24. The molecule has 0 aliphatic rings. The molecule has 0 spiro atoms. The third kappa shape index (κ3) is 3.40. The van der Waals surface area contributed by atoms with Crippen molar-refractivity contribution in [2.75, 3.05) is 18.2 Å². The number of ether oxygens (including phenoxy) is 1. The topological polar surface area (TPSA) is 64.3 Å². The van der Waals surface area contributed by atoms with E-state index in [1.165, 1.54) is 12.1 Å². The molecule has 2 aromatic carbocycles. The van der Waals surface area contributed by atoms with Gasteiger partial charge in [-0.05, 0) is 36.8 Å². The summed E-state index contributed by atoms with van der Waals surface area (Å²) in [5.41, 5.74) is 7.88. The number of aryl methyl sites for hydroxylation is 1. The molecule has 6 heteroatoms. The van der Waals surface area contributed by atoms with Crippen LogP contribution in [-0.4, -0.2) is 13.0 Å². The fraction of sp³-hybridized carbons (Fsp3) is 0.133. The van der Waals surface area contributed by atoms with Gasteiger partial charge in [0.25, 0.3) is 5.91 Å². The van der Waals surface area contributed by atoms with E-state index in [-0.39, 0.29) is 21.6 Å². The average molecular weight is 325 g/mol. The first-order valence-corrected chi connectivity index (χ1v) is 6.88. The summed E-state index contributed by atoms with van der Waals surface area (Å²) in [5, 5.41) is 3.23. The lowest BCUT2D eigenvalue weighted by molar-refractivity contribution is 0.102. The summed E-state index contributed by atoms with van der Waals surface area (Å²) in [6.07, 6.45) is 0. The number of halogens is 2. The molecule has 3 N–H and O–H groups in total. The molecule has 0 unspecified atom stereocenters. The summed E-state index contributed by atoms with van der Waals surface area (Å²) in [4.78, 5) is 12.3. The molecule has 0 fully saturated rings. The van der Waals surface area contributed by atoms with Crippen molar-refractivity contribution in [3.05, 3.63) is 51.5 Å². The fourth-order valence-corrected chi connectivity index (χ4v) is 2.17. The Hall–Kier alpha value is -1.91. The van der Waals surface area contributed by atoms with Crippen molar-refractivity contribution >= 4 is 40.5 Å². The predicted molar refractivity (Wildman–Crippen MR) is 86.6 cm³/mol. The number of hydrogen-bond acceptors (Lipinski definition) is 3. The SMILES string of the molecule is COc1cc(C)ccc1NC(=O)c1cc(N)c(Cl)c(Cl)c1. The van der Waals surface area contributed by atoms with E-state index in [4.69, 9.17) is 33.7 Å². The van der Waals surface area contributed by atoms with E-state index < -0.39 is 0 Å².